The third-order valence-corrected chi connectivity index (χ3v) is 3.79. The summed E-state index contributed by atoms with van der Waals surface area (Å²) in [4.78, 5) is 11.1. The average molecular weight is 249 g/mol. The monoisotopic (exact) mass is 249 g/mol. The molecule has 0 aliphatic carbocycles. The Balaban J connectivity index is 2.76. The summed E-state index contributed by atoms with van der Waals surface area (Å²) >= 11 is 0. The predicted octanol–water partition coefficient (Wildman–Crippen LogP) is 3.69. The highest BCUT2D eigenvalue weighted by Crippen LogP contribution is 2.48. The van der Waals surface area contributed by atoms with Gasteiger partial charge in [-0.05, 0) is 45.7 Å². The number of nitrogens with zero attached hydrogens (tertiary/aromatic N) is 1. The number of fused-ring (bicyclic) bond motifs is 1. The van der Waals surface area contributed by atoms with Crippen molar-refractivity contribution in [1.82, 2.24) is 0 Å². The van der Waals surface area contributed by atoms with Crippen molar-refractivity contribution in [1.29, 1.82) is 0 Å². The molecule has 1 aliphatic heterocycles. The van der Waals surface area contributed by atoms with Crippen molar-refractivity contribution >= 4 is 0 Å². The Kier molecular flexibility index (Phi) is 2.84. The van der Waals surface area contributed by atoms with E-state index in [4.69, 9.17) is 4.74 Å². The molecule has 0 spiro atoms. The van der Waals surface area contributed by atoms with Crippen LogP contribution in [0.2, 0.25) is 0 Å². The highest BCUT2D eigenvalue weighted by Gasteiger charge is 2.38. The van der Waals surface area contributed by atoms with Gasteiger partial charge in [0.25, 0.3) is 0 Å². The van der Waals surface area contributed by atoms with Gasteiger partial charge in [-0.3, -0.25) is 0 Å². The summed E-state index contributed by atoms with van der Waals surface area (Å²) in [6, 6.07) is -0.450. The summed E-state index contributed by atoms with van der Waals surface area (Å²) in [6.45, 7) is 9.46. The molecule has 0 saturated carbocycles. The molecule has 0 amide bonds. The molecule has 1 aliphatic rings. The van der Waals surface area contributed by atoms with Gasteiger partial charge in [-0.1, -0.05) is 5.18 Å². The highest BCUT2D eigenvalue weighted by atomic mass is 16.5. The molecule has 4 heteroatoms. The van der Waals surface area contributed by atoms with Gasteiger partial charge < -0.3 is 9.84 Å². The summed E-state index contributed by atoms with van der Waals surface area (Å²) in [5.74, 6) is 0.951. The zero-order chi connectivity index (χ0) is 13.7. The van der Waals surface area contributed by atoms with Crippen molar-refractivity contribution in [3.05, 3.63) is 27.2 Å². The number of hydrogen-bond donors (Lipinski definition) is 1. The van der Waals surface area contributed by atoms with E-state index < -0.39 is 11.6 Å². The molecule has 1 N–H and O–H groups in total. The second-order valence-electron chi connectivity index (χ2n) is 5.65. The number of hydrogen-bond acceptors (Lipinski definition) is 4. The van der Waals surface area contributed by atoms with Crippen LogP contribution >= 0.6 is 0 Å². The number of nitroso groups, excluding NO2 is 1. The van der Waals surface area contributed by atoms with E-state index in [0.29, 0.717) is 17.7 Å². The van der Waals surface area contributed by atoms with E-state index in [1.165, 1.54) is 0 Å². The SMILES string of the molecule is Cc1c(C)c2c(c(C)c1O)C(N=O)CC(C)(C)O2. The molecule has 1 heterocycles. The topological polar surface area (TPSA) is 58.9 Å². The zero-order valence-electron chi connectivity index (χ0n) is 11.5. The van der Waals surface area contributed by atoms with Crippen molar-refractivity contribution in [2.24, 2.45) is 5.18 Å². The van der Waals surface area contributed by atoms with Crippen LogP contribution in [0.3, 0.4) is 0 Å². The predicted molar refractivity (Wildman–Crippen MR) is 70.2 cm³/mol. The molecule has 98 valence electrons. The van der Waals surface area contributed by atoms with Crippen molar-refractivity contribution in [2.45, 2.75) is 52.7 Å². The molecule has 1 aromatic carbocycles. The first-order valence-electron chi connectivity index (χ1n) is 6.12. The first-order chi connectivity index (χ1) is 8.28. The van der Waals surface area contributed by atoms with Gasteiger partial charge >= 0.3 is 0 Å². The maximum Gasteiger partial charge on any atom is 0.129 e. The number of rotatable bonds is 1. The zero-order valence-corrected chi connectivity index (χ0v) is 11.5. The minimum atomic E-state index is -0.450. The van der Waals surface area contributed by atoms with Crippen LogP contribution in [0.25, 0.3) is 0 Å². The van der Waals surface area contributed by atoms with E-state index in [1.807, 2.05) is 27.7 Å². The molecule has 0 saturated heterocycles. The Hall–Kier alpha value is -1.58. The maximum absolute atomic E-state index is 11.1. The van der Waals surface area contributed by atoms with Crippen LogP contribution in [0.15, 0.2) is 5.18 Å². The Morgan fingerprint density at radius 2 is 1.83 bits per heavy atom. The Bertz CT molecular complexity index is 521. The van der Waals surface area contributed by atoms with Crippen LogP contribution in [-0.4, -0.2) is 10.7 Å². The fourth-order valence-electron chi connectivity index (χ4n) is 2.64. The number of phenolic OH excluding ortho intramolecular Hbond substituents is 1. The molecule has 18 heavy (non-hydrogen) atoms. The molecule has 4 nitrogen and oxygen atoms in total. The number of ether oxygens (including phenoxy) is 1. The molecule has 0 radical (unpaired) electrons. The molecule has 0 fully saturated rings. The van der Waals surface area contributed by atoms with Crippen LogP contribution in [0.1, 0.15) is 48.6 Å². The lowest BCUT2D eigenvalue weighted by atomic mass is 9.85. The standard InChI is InChI=1S/C14H19NO3/c1-7-8(2)13-11(9(3)12(7)16)10(15-17)6-14(4,5)18-13/h10,16H,6H2,1-5H3. The van der Waals surface area contributed by atoms with Crippen LogP contribution in [0.5, 0.6) is 11.5 Å². The number of phenols is 1. The molecule has 1 atom stereocenters. The van der Waals surface area contributed by atoms with Crippen molar-refractivity contribution in [3.8, 4) is 11.5 Å². The highest BCUT2D eigenvalue weighted by molar-refractivity contribution is 5.59. The van der Waals surface area contributed by atoms with E-state index in [2.05, 4.69) is 5.18 Å². The first-order valence-corrected chi connectivity index (χ1v) is 6.12. The summed E-state index contributed by atoms with van der Waals surface area (Å²) in [5, 5.41) is 13.3. The van der Waals surface area contributed by atoms with Crippen molar-refractivity contribution < 1.29 is 9.84 Å². The molecule has 0 aromatic heterocycles. The molecule has 2 rings (SSSR count). The fourth-order valence-corrected chi connectivity index (χ4v) is 2.64. The van der Waals surface area contributed by atoms with E-state index in [-0.39, 0.29) is 5.75 Å². The molecular formula is C14H19NO3. The molecular weight excluding hydrogens is 230 g/mol. The van der Waals surface area contributed by atoms with Crippen LogP contribution in [0, 0.1) is 25.7 Å². The van der Waals surface area contributed by atoms with Gasteiger partial charge in [0.2, 0.25) is 0 Å². The lowest BCUT2D eigenvalue weighted by molar-refractivity contribution is 0.0714. The average Bonchev–Trinajstić information content (AvgIpc) is 2.31. The summed E-state index contributed by atoms with van der Waals surface area (Å²) in [7, 11) is 0. The molecule has 1 aromatic rings. The van der Waals surface area contributed by atoms with Gasteiger partial charge in [0.1, 0.15) is 23.1 Å². The Labute approximate surface area is 107 Å². The van der Waals surface area contributed by atoms with Crippen LogP contribution < -0.4 is 4.74 Å². The first kappa shape index (κ1) is 12.9. The lowest BCUT2D eigenvalue weighted by Crippen LogP contribution is -2.35. The number of aromatic hydroxyl groups is 1. The summed E-state index contributed by atoms with van der Waals surface area (Å²) < 4.78 is 5.99. The van der Waals surface area contributed by atoms with Gasteiger partial charge in [-0.15, -0.1) is 0 Å². The van der Waals surface area contributed by atoms with E-state index >= 15 is 0 Å². The van der Waals surface area contributed by atoms with Crippen LogP contribution in [-0.2, 0) is 0 Å². The van der Waals surface area contributed by atoms with Crippen molar-refractivity contribution in [3.63, 3.8) is 0 Å². The third-order valence-electron chi connectivity index (χ3n) is 3.79. The van der Waals surface area contributed by atoms with E-state index in [9.17, 15) is 10.0 Å². The largest absolute Gasteiger partial charge is 0.507 e. The van der Waals surface area contributed by atoms with Gasteiger partial charge in [0, 0.05) is 17.5 Å². The molecule has 0 bridgehead atoms. The van der Waals surface area contributed by atoms with Crippen molar-refractivity contribution in [2.75, 3.05) is 0 Å². The second kappa shape index (κ2) is 3.97. The minimum Gasteiger partial charge on any atom is -0.507 e. The van der Waals surface area contributed by atoms with E-state index in [0.717, 1.165) is 16.7 Å². The van der Waals surface area contributed by atoms with Crippen LogP contribution in [0.4, 0.5) is 0 Å². The van der Waals surface area contributed by atoms with Gasteiger partial charge in [0.05, 0.1) is 0 Å². The summed E-state index contributed by atoms with van der Waals surface area (Å²) in [5.41, 5.74) is 2.72. The Morgan fingerprint density at radius 3 is 2.39 bits per heavy atom. The third kappa shape index (κ3) is 1.76. The quantitative estimate of drug-likeness (QED) is 0.772. The lowest BCUT2D eigenvalue weighted by Gasteiger charge is -2.37. The molecule has 1 unspecified atom stereocenters. The smallest absolute Gasteiger partial charge is 0.129 e. The normalized spacial score (nSPS) is 21.1. The maximum atomic E-state index is 11.1. The second-order valence-corrected chi connectivity index (χ2v) is 5.65. The fraction of sp³-hybridized carbons (Fsp3) is 0.571. The van der Waals surface area contributed by atoms with Gasteiger partial charge in [0.15, 0.2) is 0 Å². The number of benzene rings is 1. The Morgan fingerprint density at radius 1 is 1.22 bits per heavy atom. The summed E-state index contributed by atoms with van der Waals surface area (Å²) in [6.07, 6.45) is 0.534. The van der Waals surface area contributed by atoms with Gasteiger partial charge in [-0.2, -0.15) is 4.91 Å². The minimum absolute atomic E-state index is 0.239. The van der Waals surface area contributed by atoms with E-state index in [1.54, 1.807) is 6.92 Å². The van der Waals surface area contributed by atoms with Gasteiger partial charge in [-0.25, -0.2) is 0 Å².